The summed E-state index contributed by atoms with van der Waals surface area (Å²) in [7, 11) is 1.40. The van der Waals surface area contributed by atoms with Gasteiger partial charge in [0.05, 0.1) is 12.7 Å². The molecule has 2 saturated carbocycles. The van der Waals surface area contributed by atoms with Crippen LogP contribution in [-0.2, 0) is 17.6 Å². The van der Waals surface area contributed by atoms with Crippen molar-refractivity contribution in [2.24, 2.45) is 23.7 Å². The molecule has 3 aliphatic carbocycles. The number of rotatable bonds is 7. The number of aryl methyl sites for hydroxylation is 2. The Hall–Kier alpha value is -3.53. The van der Waals surface area contributed by atoms with Gasteiger partial charge < -0.3 is 16.2 Å². The summed E-state index contributed by atoms with van der Waals surface area (Å²) in [5.41, 5.74) is 22.9. The van der Waals surface area contributed by atoms with E-state index in [9.17, 15) is 4.79 Å². The van der Waals surface area contributed by atoms with Crippen LogP contribution in [0.1, 0.15) is 102 Å². The molecule has 0 bridgehead atoms. The maximum atomic E-state index is 11.7. The Balaban J connectivity index is 1.16. The van der Waals surface area contributed by atoms with Crippen LogP contribution in [0.3, 0.4) is 0 Å². The first-order chi connectivity index (χ1) is 20.4. The van der Waals surface area contributed by atoms with Gasteiger partial charge >= 0.3 is 5.97 Å². The van der Waals surface area contributed by atoms with Crippen LogP contribution >= 0.6 is 0 Å². The van der Waals surface area contributed by atoms with Gasteiger partial charge in [-0.05, 0) is 127 Å². The van der Waals surface area contributed by atoms with Crippen molar-refractivity contribution in [1.29, 1.82) is 0 Å². The van der Waals surface area contributed by atoms with E-state index in [1.54, 1.807) is 0 Å². The molecule has 42 heavy (non-hydrogen) atoms. The fraction of sp³-hybridized carbons (Fsp3) is 0.447. The first-order valence-corrected chi connectivity index (χ1v) is 16.1. The standard InChI is InChI=1S/C38H46N2O2/c1-24-6-11-26(12-7-24)27-16-18-28(19-17-27)33-23-34(37-32(33)4-3-5-35(37)39)31-21-20-29(36(40)22-31)13-8-25-9-14-30(15-10-25)38(41)42-2/h3-5,9-10,14-15,20-24,26-28,33H,6-8,11-13,16-19,39-40H2,1-2H3. The minimum Gasteiger partial charge on any atom is -0.465 e. The third kappa shape index (κ3) is 5.86. The Morgan fingerprint density at radius 1 is 0.786 bits per heavy atom. The van der Waals surface area contributed by atoms with E-state index in [1.807, 2.05) is 30.3 Å². The smallest absolute Gasteiger partial charge is 0.337 e. The van der Waals surface area contributed by atoms with Crippen LogP contribution in [0.25, 0.3) is 5.57 Å². The predicted molar refractivity (Wildman–Crippen MR) is 173 cm³/mol. The average Bonchev–Trinajstić information content (AvgIpc) is 3.42. The molecule has 0 aliphatic heterocycles. The Morgan fingerprint density at radius 2 is 1.45 bits per heavy atom. The van der Waals surface area contributed by atoms with Gasteiger partial charge in [-0.2, -0.15) is 0 Å². The van der Waals surface area contributed by atoms with Gasteiger partial charge in [0, 0.05) is 22.9 Å². The molecule has 4 heteroatoms. The summed E-state index contributed by atoms with van der Waals surface area (Å²) < 4.78 is 4.81. The zero-order valence-corrected chi connectivity index (χ0v) is 25.3. The molecule has 1 unspecified atom stereocenters. The third-order valence-electron chi connectivity index (χ3n) is 10.7. The molecule has 0 saturated heterocycles. The highest BCUT2D eigenvalue weighted by Gasteiger charge is 2.36. The third-order valence-corrected chi connectivity index (χ3v) is 10.7. The van der Waals surface area contributed by atoms with Crippen molar-refractivity contribution in [3.05, 3.63) is 100 Å². The second kappa shape index (κ2) is 12.4. The number of carbonyl (C=O) groups excluding carboxylic acids is 1. The maximum absolute atomic E-state index is 11.7. The molecule has 0 spiro atoms. The van der Waals surface area contributed by atoms with Gasteiger partial charge in [-0.15, -0.1) is 0 Å². The van der Waals surface area contributed by atoms with Crippen LogP contribution in [0.5, 0.6) is 0 Å². The summed E-state index contributed by atoms with van der Waals surface area (Å²) >= 11 is 0. The van der Waals surface area contributed by atoms with Gasteiger partial charge in [-0.1, -0.05) is 62.2 Å². The summed E-state index contributed by atoms with van der Waals surface area (Å²) in [5.74, 6) is 3.62. The number of benzene rings is 3. The number of nitrogens with two attached hydrogens (primary N) is 2. The van der Waals surface area contributed by atoms with Crippen LogP contribution in [0, 0.1) is 23.7 Å². The van der Waals surface area contributed by atoms with E-state index in [-0.39, 0.29) is 5.97 Å². The molecule has 0 radical (unpaired) electrons. The van der Waals surface area contributed by atoms with Crippen LogP contribution in [0.2, 0.25) is 0 Å². The number of hydrogen-bond donors (Lipinski definition) is 2. The number of hydrogen-bond acceptors (Lipinski definition) is 4. The second-order valence-electron chi connectivity index (χ2n) is 13.2. The van der Waals surface area contributed by atoms with Gasteiger partial charge in [0.1, 0.15) is 0 Å². The summed E-state index contributed by atoms with van der Waals surface area (Å²) in [5, 5.41) is 0. The summed E-state index contributed by atoms with van der Waals surface area (Å²) in [6.07, 6.45) is 15.4. The quantitative estimate of drug-likeness (QED) is 0.223. The molecular formula is C38H46N2O2. The van der Waals surface area contributed by atoms with Crippen LogP contribution < -0.4 is 11.5 Å². The first-order valence-electron chi connectivity index (χ1n) is 16.1. The van der Waals surface area contributed by atoms with Crippen molar-refractivity contribution in [1.82, 2.24) is 0 Å². The van der Waals surface area contributed by atoms with Crippen molar-refractivity contribution < 1.29 is 9.53 Å². The number of nitrogen functional groups attached to an aromatic ring is 2. The molecule has 2 fully saturated rings. The molecule has 6 rings (SSSR count). The highest BCUT2D eigenvalue weighted by Crippen LogP contribution is 2.51. The Labute approximate surface area is 251 Å². The van der Waals surface area contributed by atoms with Crippen molar-refractivity contribution in [3.8, 4) is 0 Å². The molecule has 220 valence electrons. The van der Waals surface area contributed by atoms with Gasteiger partial charge in [-0.25, -0.2) is 4.79 Å². The van der Waals surface area contributed by atoms with Gasteiger partial charge in [0.25, 0.3) is 0 Å². The van der Waals surface area contributed by atoms with Crippen molar-refractivity contribution >= 4 is 22.9 Å². The molecule has 4 N–H and O–H groups in total. The van der Waals surface area contributed by atoms with Crippen LogP contribution in [0.4, 0.5) is 11.4 Å². The van der Waals surface area contributed by atoms with Gasteiger partial charge in [0.2, 0.25) is 0 Å². The number of ether oxygens (including phenoxy) is 1. The van der Waals surface area contributed by atoms with Gasteiger partial charge in [0.15, 0.2) is 0 Å². The number of carbonyl (C=O) groups is 1. The van der Waals surface area contributed by atoms with E-state index in [4.69, 9.17) is 16.2 Å². The fourth-order valence-corrected chi connectivity index (χ4v) is 8.09. The normalized spacial score (nSPS) is 25.5. The van der Waals surface area contributed by atoms with Crippen molar-refractivity contribution in [3.63, 3.8) is 0 Å². The lowest BCUT2D eigenvalue weighted by Crippen LogP contribution is -2.26. The lowest BCUT2D eigenvalue weighted by atomic mass is 9.67. The monoisotopic (exact) mass is 562 g/mol. The second-order valence-corrected chi connectivity index (χ2v) is 13.2. The molecule has 1 atom stereocenters. The number of allylic oxidation sites excluding steroid dienone is 1. The Bertz CT molecular complexity index is 1440. The molecule has 3 aromatic carbocycles. The molecule has 0 aromatic heterocycles. The number of fused-ring (bicyclic) bond motifs is 1. The molecule has 3 aromatic rings. The highest BCUT2D eigenvalue weighted by atomic mass is 16.5. The molecular weight excluding hydrogens is 516 g/mol. The summed E-state index contributed by atoms with van der Waals surface area (Å²) in [4.78, 5) is 11.7. The lowest BCUT2D eigenvalue weighted by molar-refractivity contribution is 0.0600. The molecule has 0 amide bonds. The van der Waals surface area contributed by atoms with E-state index in [0.717, 1.165) is 53.1 Å². The minimum absolute atomic E-state index is 0.311. The Kier molecular flexibility index (Phi) is 8.42. The topological polar surface area (TPSA) is 78.3 Å². The zero-order valence-electron chi connectivity index (χ0n) is 25.3. The van der Waals surface area contributed by atoms with E-state index in [2.05, 4.69) is 43.3 Å². The van der Waals surface area contributed by atoms with Crippen molar-refractivity contribution in [2.45, 2.75) is 77.0 Å². The maximum Gasteiger partial charge on any atom is 0.337 e. The molecule has 0 heterocycles. The largest absolute Gasteiger partial charge is 0.465 e. The number of anilines is 2. The number of esters is 1. The summed E-state index contributed by atoms with van der Waals surface area (Å²) in [6.45, 7) is 2.43. The lowest BCUT2D eigenvalue weighted by Gasteiger charge is -2.38. The highest BCUT2D eigenvalue weighted by molar-refractivity contribution is 5.92. The zero-order chi connectivity index (χ0) is 29.2. The minimum atomic E-state index is -0.311. The van der Waals surface area contributed by atoms with E-state index in [1.165, 1.54) is 80.7 Å². The molecule has 3 aliphatic rings. The van der Waals surface area contributed by atoms with Crippen LogP contribution in [-0.4, -0.2) is 13.1 Å². The number of methoxy groups -OCH3 is 1. The Morgan fingerprint density at radius 3 is 2.12 bits per heavy atom. The van der Waals surface area contributed by atoms with E-state index >= 15 is 0 Å². The van der Waals surface area contributed by atoms with E-state index in [0.29, 0.717) is 17.4 Å². The van der Waals surface area contributed by atoms with Crippen LogP contribution in [0.15, 0.2) is 66.7 Å². The average molecular weight is 563 g/mol. The fourth-order valence-electron chi connectivity index (χ4n) is 8.09. The van der Waals surface area contributed by atoms with E-state index < -0.39 is 0 Å². The van der Waals surface area contributed by atoms with Gasteiger partial charge in [-0.3, -0.25) is 0 Å². The molecule has 4 nitrogen and oxygen atoms in total. The first kappa shape index (κ1) is 28.6. The van der Waals surface area contributed by atoms with Crippen molar-refractivity contribution in [2.75, 3.05) is 18.6 Å². The predicted octanol–water partition coefficient (Wildman–Crippen LogP) is 8.58. The SMILES string of the molecule is COC(=O)c1ccc(CCc2ccc(C3=CC(C4CCC(C5CCC(C)CC5)CC4)c4cccc(N)c43)cc2N)cc1. The summed E-state index contributed by atoms with van der Waals surface area (Å²) in [6, 6.07) is 20.6.